The zero-order valence-electron chi connectivity index (χ0n) is 11.8. The molecule has 1 fully saturated rings. The summed E-state index contributed by atoms with van der Waals surface area (Å²) < 4.78 is 3.35. The average molecular weight is 381 g/mol. The van der Waals surface area contributed by atoms with E-state index >= 15 is 0 Å². The van der Waals surface area contributed by atoms with Crippen molar-refractivity contribution < 1.29 is 0 Å². The van der Waals surface area contributed by atoms with Crippen LogP contribution in [0.15, 0.2) is 30.6 Å². The van der Waals surface area contributed by atoms with E-state index in [2.05, 4.69) is 63.4 Å². The molecule has 1 aromatic carbocycles. The molecule has 0 saturated heterocycles. The summed E-state index contributed by atoms with van der Waals surface area (Å²) in [7, 11) is 0. The average Bonchev–Trinajstić information content (AvgIpc) is 2.97. The van der Waals surface area contributed by atoms with Gasteiger partial charge in [-0.2, -0.15) is 5.10 Å². The van der Waals surface area contributed by atoms with Gasteiger partial charge >= 0.3 is 0 Å². The Morgan fingerprint density at radius 2 is 1.95 bits per heavy atom. The van der Waals surface area contributed by atoms with E-state index in [1.807, 2.05) is 6.33 Å². The van der Waals surface area contributed by atoms with Crippen LogP contribution < -0.4 is 0 Å². The van der Waals surface area contributed by atoms with E-state index < -0.39 is 0 Å². The van der Waals surface area contributed by atoms with Gasteiger partial charge in [-0.15, -0.1) is 0 Å². The topological polar surface area (TPSA) is 30.7 Å². The molecule has 20 heavy (non-hydrogen) atoms. The van der Waals surface area contributed by atoms with E-state index in [-0.39, 0.29) is 0 Å². The van der Waals surface area contributed by atoms with Gasteiger partial charge in [-0.1, -0.05) is 38.3 Å². The molecule has 3 nitrogen and oxygen atoms in total. The second-order valence-corrected chi connectivity index (χ2v) is 6.82. The maximum Gasteiger partial charge on any atom is 0.181 e. The molecule has 0 bridgehead atoms. The van der Waals surface area contributed by atoms with Crippen molar-refractivity contribution in [1.82, 2.24) is 14.8 Å². The smallest absolute Gasteiger partial charge is 0.181 e. The van der Waals surface area contributed by atoms with Gasteiger partial charge in [-0.3, -0.25) is 0 Å². The lowest BCUT2D eigenvalue weighted by Gasteiger charge is -2.30. The van der Waals surface area contributed by atoms with E-state index in [9.17, 15) is 0 Å². The van der Waals surface area contributed by atoms with E-state index in [1.54, 1.807) is 0 Å². The van der Waals surface area contributed by atoms with Crippen molar-refractivity contribution in [3.8, 4) is 11.4 Å². The lowest BCUT2D eigenvalue weighted by molar-refractivity contribution is 0.217. The molecule has 106 valence electrons. The van der Waals surface area contributed by atoms with Crippen molar-refractivity contribution in [2.24, 2.45) is 5.92 Å². The first-order chi connectivity index (χ1) is 9.78. The van der Waals surface area contributed by atoms with Crippen molar-refractivity contribution in [1.29, 1.82) is 0 Å². The normalized spacial score (nSPS) is 22.9. The number of halogens is 1. The molecule has 1 saturated carbocycles. The summed E-state index contributed by atoms with van der Waals surface area (Å²) in [5.41, 5.74) is 1.10. The van der Waals surface area contributed by atoms with Crippen LogP contribution >= 0.6 is 22.6 Å². The Morgan fingerprint density at radius 3 is 2.70 bits per heavy atom. The third-order valence-corrected chi connectivity index (χ3v) is 5.06. The molecule has 3 rings (SSSR count). The molecule has 0 amide bonds. The number of rotatable bonds is 3. The van der Waals surface area contributed by atoms with E-state index in [4.69, 9.17) is 5.10 Å². The van der Waals surface area contributed by atoms with E-state index in [0.29, 0.717) is 6.04 Å². The molecule has 2 atom stereocenters. The Labute approximate surface area is 133 Å². The fourth-order valence-electron chi connectivity index (χ4n) is 3.18. The summed E-state index contributed by atoms with van der Waals surface area (Å²) in [6.45, 7) is 2.29. The molecule has 2 unspecified atom stereocenters. The van der Waals surface area contributed by atoms with Crippen LogP contribution in [0.5, 0.6) is 0 Å². The van der Waals surface area contributed by atoms with Gasteiger partial charge in [0.1, 0.15) is 6.33 Å². The Hall–Kier alpha value is -0.910. The fourth-order valence-corrected chi connectivity index (χ4v) is 3.54. The molecular formula is C16H20IN3. The first kappa shape index (κ1) is 14.0. The van der Waals surface area contributed by atoms with Gasteiger partial charge in [0.15, 0.2) is 5.82 Å². The molecule has 0 radical (unpaired) electrons. The van der Waals surface area contributed by atoms with Gasteiger partial charge in [0.05, 0.1) is 6.04 Å². The quantitative estimate of drug-likeness (QED) is 0.723. The zero-order valence-corrected chi connectivity index (χ0v) is 14.0. The number of aromatic nitrogens is 3. The first-order valence-corrected chi connectivity index (χ1v) is 8.53. The lowest BCUT2D eigenvalue weighted by atomic mass is 9.83. The maximum atomic E-state index is 4.74. The summed E-state index contributed by atoms with van der Waals surface area (Å²) in [5, 5.41) is 4.74. The molecule has 0 aliphatic heterocycles. The minimum absolute atomic E-state index is 0.541. The monoisotopic (exact) mass is 381 g/mol. The third-order valence-electron chi connectivity index (χ3n) is 4.34. The van der Waals surface area contributed by atoms with Gasteiger partial charge < -0.3 is 0 Å². The van der Waals surface area contributed by atoms with Crippen LogP contribution in [0.4, 0.5) is 0 Å². The molecule has 1 aliphatic rings. The molecule has 1 aromatic heterocycles. The van der Waals surface area contributed by atoms with Crippen LogP contribution in [0.25, 0.3) is 11.4 Å². The summed E-state index contributed by atoms with van der Waals surface area (Å²) in [6.07, 6.45) is 8.43. The van der Waals surface area contributed by atoms with Crippen molar-refractivity contribution in [2.75, 3.05) is 0 Å². The Balaban J connectivity index is 1.84. The molecule has 1 aliphatic carbocycles. The van der Waals surface area contributed by atoms with Gasteiger partial charge in [0.2, 0.25) is 0 Å². The van der Waals surface area contributed by atoms with Crippen molar-refractivity contribution in [3.05, 3.63) is 34.2 Å². The summed E-state index contributed by atoms with van der Waals surface area (Å²) in [5.74, 6) is 1.61. The highest BCUT2D eigenvalue weighted by molar-refractivity contribution is 14.1. The van der Waals surface area contributed by atoms with Crippen molar-refractivity contribution in [2.45, 2.75) is 45.1 Å². The highest BCUT2D eigenvalue weighted by Gasteiger charge is 2.26. The largest absolute Gasteiger partial charge is 0.249 e. The van der Waals surface area contributed by atoms with Crippen LogP contribution in [0, 0.1) is 9.49 Å². The van der Waals surface area contributed by atoms with E-state index in [1.165, 1.54) is 35.7 Å². The minimum atomic E-state index is 0.541. The van der Waals surface area contributed by atoms with Crippen molar-refractivity contribution in [3.63, 3.8) is 0 Å². The van der Waals surface area contributed by atoms with E-state index in [0.717, 1.165) is 17.3 Å². The Bertz CT molecular complexity index is 561. The van der Waals surface area contributed by atoms with Crippen LogP contribution in [-0.4, -0.2) is 14.8 Å². The highest BCUT2D eigenvalue weighted by atomic mass is 127. The van der Waals surface area contributed by atoms with Gasteiger partial charge in [-0.05, 0) is 53.5 Å². The molecule has 0 N–H and O–H groups in total. The molecule has 1 heterocycles. The zero-order chi connectivity index (χ0) is 13.9. The number of benzene rings is 1. The molecular weight excluding hydrogens is 361 g/mol. The summed E-state index contributed by atoms with van der Waals surface area (Å²) in [6, 6.07) is 8.94. The lowest BCUT2D eigenvalue weighted by Crippen LogP contribution is -2.23. The second-order valence-electron chi connectivity index (χ2n) is 5.58. The predicted octanol–water partition coefficient (Wildman–Crippen LogP) is 4.69. The molecule has 0 spiro atoms. The first-order valence-electron chi connectivity index (χ1n) is 7.45. The van der Waals surface area contributed by atoms with Crippen LogP contribution in [0.3, 0.4) is 0 Å². The van der Waals surface area contributed by atoms with Gasteiger partial charge in [0.25, 0.3) is 0 Å². The Morgan fingerprint density at radius 1 is 1.20 bits per heavy atom. The van der Waals surface area contributed by atoms with Crippen molar-refractivity contribution >= 4 is 22.6 Å². The molecule has 4 heteroatoms. The standard InChI is InChI=1S/C16H20IN3/c1-2-12-5-3-4-6-15(12)20-11-18-16(19-20)13-7-9-14(17)10-8-13/h7-12,15H,2-6H2,1H3. The molecule has 2 aromatic rings. The summed E-state index contributed by atoms with van der Waals surface area (Å²) in [4.78, 5) is 4.51. The second kappa shape index (κ2) is 6.24. The van der Waals surface area contributed by atoms with Crippen LogP contribution in [-0.2, 0) is 0 Å². The SMILES string of the molecule is CCC1CCCCC1n1cnc(-c2ccc(I)cc2)n1. The van der Waals surface area contributed by atoms with Gasteiger partial charge in [0, 0.05) is 9.13 Å². The number of nitrogens with zero attached hydrogens (tertiary/aromatic N) is 3. The number of hydrogen-bond acceptors (Lipinski definition) is 2. The maximum absolute atomic E-state index is 4.74. The van der Waals surface area contributed by atoms with Crippen LogP contribution in [0.2, 0.25) is 0 Å². The third kappa shape index (κ3) is 2.90. The Kier molecular flexibility index (Phi) is 4.38. The van der Waals surface area contributed by atoms with Gasteiger partial charge in [-0.25, -0.2) is 9.67 Å². The van der Waals surface area contributed by atoms with Crippen LogP contribution in [0.1, 0.15) is 45.1 Å². The predicted molar refractivity (Wildman–Crippen MR) is 89.5 cm³/mol. The fraction of sp³-hybridized carbons (Fsp3) is 0.500. The summed E-state index contributed by atoms with van der Waals surface area (Å²) >= 11 is 2.32. The minimum Gasteiger partial charge on any atom is -0.249 e. The highest BCUT2D eigenvalue weighted by Crippen LogP contribution is 2.35. The number of hydrogen-bond donors (Lipinski definition) is 0.